The number of carbonyl (C=O) groups is 1. The van der Waals surface area contributed by atoms with Gasteiger partial charge in [0.25, 0.3) is 5.91 Å². The van der Waals surface area contributed by atoms with Crippen LogP contribution in [0.25, 0.3) is 6.08 Å². The van der Waals surface area contributed by atoms with Gasteiger partial charge in [0.05, 0.1) is 23.9 Å². The van der Waals surface area contributed by atoms with E-state index in [1.807, 2.05) is 0 Å². The summed E-state index contributed by atoms with van der Waals surface area (Å²) in [7, 11) is 0. The number of hydrogen-bond acceptors (Lipinski definition) is 7. The third-order valence-corrected chi connectivity index (χ3v) is 5.12. The van der Waals surface area contributed by atoms with E-state index >= 15 is 0 Å². The lowest BCUT2D eigenvalue weighted by Gasteiger charge is -2.18. The summed E-state index contributed by atoms with van der Waals surface area (Å²) in [6, 6.07) is 3.37. The molecule has 2 fully saturated rings. The van der Waals surface area contributed by atoms with Crippen molar-refractivity contribution in [2.75, 3.05) is 13.2 Å². The molecule has 0 spiro atoms. The summed E-state index contributed by atoms with van der Waals surface area (Å²) >= 11 is 11.1. The zero-order valence-corrected chi connectivity index (χ0v) is 16.6. The lowest BCUT2D eigenvalue weighted by atomic mass is 10.2. The van der Waals surface area contributed by atoms with Gasteiger partial charge in [-0.05, 0) is 42.1 Å². The number of aromatic nitrogens is 2. The zero-order valence-electron chi connectivity index (χ0n) is 15.0. The fraction of sp³-hybridized carbons (Fsp3) is 0.353. The first-order valence-corrected chi connectivity index (χ1v) is 9.61. The first-order chi connectivity index (χ1) is 13.9. The summed E-state index contributed by atoms with van der Waals surface area (Å²) < 4.78 is 12.6. The van der Waals surface area contributed by atoms with E-state index in [4.69, 9.17) is 33.0 Å². The Bertz CT molecular complexity index is 1010. The van der Waals surface area contributed by atoms with Crippen LogP contribution < -0.4 is 5.32 Å². The Hall–Kier alpha value is -2.76. The Balaban J connectivity index is 1.44. The molecule has 4 heterocycles. The van der Waals surface area contributed by atoms with Crippen molar-refractivity contribution in [3.05, 3.63) is 50.7 Å². The largest absolute Gasteiger partial charge is 0.460 e. The smallest absolute Gasteiger partial charge is 0.408 e. The minimum Gasteiger partial charge on any atom is -0.460 e. The van der Waals surface area contributed by atoms with Gasteiger partial charge < -0.3 is 24.6 Å². The number of thiocarbonyl (C=S) groups is 1. The summed E-state index contributed by atoms with van der Waals surface area (Å²) in [5.41, 5.74) is 0.312. The fourth-order valence-electron chi connectivity index (χ4n) is 3.18. The summed E-state index contributed by atoms with van der Waals surface area (Å²) in [5.74, 6) is 0.277. The van der Waals surface area contributed by atoms with E-state index in [2.05, 4.69) is 10.4 Å². The number of nitrogens with zero attached hydrogens (tertiary/aromatic N) is 4. The second kappa shape index (κ2) is 7.93. The molecule has 1 unspecified atom stereocenters. The molecule has 1 atom stereocenters. The van der Waals surface area contributed by atoms with Gasteiger partial charge in [-0.15, -0.1) is 0 Å². The van der Waals surface area contributed by atoms with E-state index in [1.54, 1.807) is 18.2 Å². The van der Waals surface area contributed by atoms with Crippen LogP contribution in [0.5, 0.6) is 0 Å². The molecular weight excluding hydrogens is 422 g/mol. The van der Waals surface area contributed by atoms with Crippen LogP contribution in [0.15, 0.2) is 28.4 Å². The van der Waals surface area contributed by atoms with Crippen molar-refractivity contribution in [2.45, 2.75) is 25.5 Å². The average molecular weight is 438 g/mol. The number of hydrogen-bond donors (Lipinski definition) is 1. The summed E-state index contributed by atoms with van der Waals surface area (Å²) in [5, 5.41) is 17.8. The molecule has 10 nitrogen and oxygen atoms in total. The predicted molar refractivity (Wildman–Crippen MR) is 106 cm³/mol. The number of nitro groups is 1. The normalized spacial score (nSPS) is 20.7. The Morgan fingerprint density at radius 1 is 1.48 bits per heavy atom. The molecule has 0 aromatic carbocycles. The Morgan fingerprint density at radius 2 is 2.31 bits per heavy atom. The molecule has 2 aromatic heterocycles. The molecule has 0 aliphatic carbocycles. The van der Waals surface area contributed by atoms with Gasteiger partial charge in [-0.1, -0.05) is 11.6 Å². The predicted octanol–water partition coefficient (Wildman–Crippen LogP) is 2.32. The van der Waals surface area contributed by atoms with E-state index in [0.29, 0.717) is 35.5 Å². The molecule has 2 aliphatic rings. The van der Waals surface area contributed by atoms with Gasteiger partial charge in [0.15, 0.2) is 10.1 Å². The van der Waals surface area contributed by atoms with E-state index < -0.39 is 10.7 Å². The van der Waals surface area contributed by atoms with Gasteiger partial charge in [0.2, 0.25) is 0 Å². The van der Waals surface area contributed by atoms with Crippen LogP contribution in [0, 0.1) is 10.1 Å². The van der Waals surface area contributed by atoms with Crippen LogP contribution in [0.2, 0.25) is 5.02 Å². The standard InChI is InChI=1S/C17H16ClN5O5S/c18-13-9-21(20-15(13)23(25)26)7-12-4-3-10(28-12)6-14-16(24)22(17(29)19-14)8-11-2-1-5-27-11/h3-4,6,9,11H,1-2,5,7-8H2,(H,19,29)/b14-6+. The number of amides is 1. The number of halogens is 1. The molecule has 2 saturated heterocycles. The van der Waals surface area contributed by atoms with E-state index in [0.717, 1.165) is 12.8 Å². The molecule has 29 heavy (non-hydrogen) atoms. The zero-order chi connectivity index (χ0) is 20.5. The van der Waals surface area contributed by atoms with Crippen LogP contribution in [0.3, 0.4) is 0 Å². The van der Waals surface area contributed by atoms with Crippen molar-refractivity contribution >= 4 is 46.7 Å². The van der Waals surface area contributed by atoms with Gasteiger partial charge in [0, 0.05) is 12.7 Å². The molecule has 2 aromatic rings. The first kappa shape index (κ1) is 19.6. The maximum atomic E-state index is 12.6. The van der Waals surface area contributed by atoms with Gasteiger partial charge in [-0.3, -0.25) is 9.69 Å². The summed E-state index contributed by atoms with van der Waals surface area (Å²) in [6.45, 7) is 1.28. The lowest BCUT2D eigenvalue weighted by molar-refractivity contribution is -0.389. The highest BCUT2D eigenvalue weighted by Gasteiger charge is 2.33. The van der Waals surface area contributed by atoms with E-state index in [9.17, 15) is 14.9 Å². The van der Waals surface area contributed by atoms with Gasteiger partial charge in [0.1, 0.15) is 23.8 Å². The Kier molecular flexibility index (Phi) is 5.35. The molecule has 1 N–H and O–H groups in total. The molecular formula is C17H16ClN5O5S. The van der Waals surface area contributed by atoms with E-state index in [-0.39, 0.29) is 23.6 Å². The molecule has 0 bridgehead atoms. The average Bonchev–Trinajstić information content (AvgIpc) is 3.43. The number of ether oxygens (including phenoxy) is 1. The van der Waals surface area contributed by atoms with Crippen molar-refractivity contribution < 1.29 is 18.9 Å². The minimum absolute atomic E-state index is 0.00165. The maximum absolute atomic E-state index is 12.6. The van der Waals surface area contributed by atoms with Crippen LogP contribution in [0.1, 0.15) is 24.4 Å². The van der Waals surface area contributed by atoms with Gasteiger partial charge in [-0.25, -0.2) is 0 Å². The van der Waals surface area contributed by atoms with Crippen molar-refractivity contribution in [1.82, 2.24) is 20.0 Å². The van der Waals surface area contributed by atoms with Crippen LogP contribution in [0.4, 0.5) is 5.82 Å². The second-order valence-corrected chi connectivity index (χ2v) is 7.39. The molecule has 0 saturated carbocycles. The molecule has 152 valence electrons. The number of rotatable bonds is 6. The monoisotopic (exact) mass is 437 g/mol. The molecule has 2 aliphatic heterocycles. The number of carbonyl (C=O) groups excluding carboxylic acids is 1. The third kappa shape index (κ3) is 4.16. The number of nitrogens with one attached hydrogen (secondary N) is 1. The quantitative estimate of drug-likeness (QED) is 0.317. The van der Waals surface area contributed by atoms with Crippen LogP contribution in [-0.2, 0) is 16.1 Å². The third-order valence-electron chi connectivity index (χ3n) is 4.53. The van der Waals surface area contributed by atoms with Crippen molar-refractivity contribution in [3.8, 4) is 0 Å². The maximum Gasteiger partial charge on any atom is 0.408 e. The summed E-state index contributed by atoms with van der Waals surface area (Å²) in [4.78, 5) is 24.3. The highest BCUT2D eigenvalue weighted by molar-refractivity contribution is 7.80. The molecule has 4 rings (SSSR count). The molecule has 1 amide bonds. The number of furan rings is 1. The highest BCUT2D eigenvalue weighted by atomic mass is 35.5. The van der Waals surface area contributed by atoms with Crippen LogP contribution >= 0.6 is 23.8 Å². The molecule has 12 heteroatoms. The second-order valence-electron chi connectivity index (χ2n) is 6.60. The highest BCUT2D eigenvalue weighted by Crippen LogP contribution is 2.23. The van der Waals surface area contributed by atoms with Gasteiger partial charge >= 0.3 is 5.82 Å². The van der Waals surface area contributed by atoms with Gasteiger partial charge in [-0.2, -0.15) is 4.68 Å². The first-order valence-electron chi connectivity index (χ1n) is 8.83. The fourth-order valence-corrected chi connectivity index (χ4v) is 3.67. The van der Waals surface area contributed by atoms with Crippen molar-refractivity contribution in [3.63, 3.8) is 0 Å². The Labute approximate surface area is 175 Å². The Morgan fingerprint density at radius 3 is 3.00 bits per heavy atom. The minimum atomic E-state index is -0.653. The summed E-state index contributed by atoms with van der Waals surface area (Å²) in [6.07, 6.45) is 4.80. The lowest BCUT2D eigenvalue weighted by Crippen LogP contribution is -2.37. The van der Waals surface area contributed by atoms with Crippen molar-refractivity contribution in [2.24, 2.45) is 0 Å². The topological polar surface area (TPSA) is 116 Å². The van der Waals surface area contributed by atoms with Crippen molar-refractivity contribution in [1.29, 1.82) is 0 Å². The molecule has 0 radical (unpaired) electrons. The SMILES string of the molecule is O=C1/C(=C\c2ccc(Cn3cc(Cl)c([N+](=O)[O-])n3)o2)NC(=S)N1CC1CCCO1. The van der Waals surface area contributed by atoms with Crippen LogP contribution in [-0.4, -0.2) is 49.9 Å². The van der Waals surface area contributed by atoms with E-state index in [1.165, 1.54) is 15.8 Å².